The predicted molar refractivity (Wildman–Crippen MR) is 66.6 cm³/mol. The first-order chi connectivity index (χ1) is 8.58. The summed E-state index contributed by atoms with van der Waals surface area (Å²) in [4.78, 5) is 0. The molecule has 2 aromatic carbocycles. The summed E-state index contributed by atoms with van der Waals surface area (Å²) in [5.74, 6) is -1.47. The van der Waals surface area contributed by atoms with E-state index in [-0.39, 0.29) is 6.61 Å². The number of hydrogen-bond acceptors (Lipinski definition) is 2. The van der Waals surface area contributed by atoms with Gasteiger partial charge in [-0.05, 0) is 29.8 Å². The van der Waals surface area contributed by atoms with Gasteiger partial charge in [-0.2, -0.15) is 0 Å². The lowest BCUT2D eigenvalue weighted by Gasteiger charge is -2.10. The number of rotatable bonds is 3. The Morgan fingerprint density at radius 2 is 1.89 bits per heavy atom. The smallest absolute Gasteiger partial charge is 0.161 e. The first-order valence-corrected chi connectivity index (χ1v) is 5.56. The molecule has 0 aliphatic rings. The average molecular weight is 270 g/mol. The van der Waals surface area contributed by atoms with Crippen LogP contribution in [0.3, 0.4) is 0 Å². The summed E-state index contributed by atoms with van der Waals surface area (Å²) in [6.45, 7) is 0.0606. The maximum atomic E-state index is 13.0. The van der Waals surface area contributed by atoms with Gasteiger partial charge in [0, 0.05) is 0 Å². The summed E-state index contributed by atoms with van der Waals surface area (Å²) in [5.41, 5.74) is 6.58. The van der Waals surface area contributed by atoms with Gasteiger partial charge in [0.25, 0.3) is 0 Å². The Hall–Kier alpha value is -1.81. The van der Waals surface area contributed by atoms with Gasteiger partial charge in [-0.15, -0.1) is 0 Å². The third-order valence-corrected chi connectivity index (χ3v) is 2.66. The second kappa shape index (κ2) is 5.23. The maximum absolute atomic E-state index is 13.0. The van der Waals surface area contributed by atoms with Crippen LogP contribution in [0.5, 0.6) is 5.75 Å². The highest BCUT2D eigenvalue weighted by atomic mass is 35.5. The molecule has 0 unspecified atom stereocenters. The lowest BCUT2D eigenvalue weighted by atomic mass is 10.2. The molecule has 0 bridgehead atoms. The summed E-state index contributed by atoms with van der Waals surface area (Å²) < 4.78 is 31.1. The number of para-hydroxylation sites is 1. The second-order valence-electron chi connectivity index (χ2n) is 3.70. The Bertz CT molecular complexity index is 555. The van der Waals surface area contributed by atoms with Gasteiger partial charge in [0.2, 0.25) is 0 Å². The van der Waals surface area contributed by atoms with Crippen molar-refractivity contribution in [2.45, 2.75) is 6.61 Å². The van der Waals surface area contributed by atoms with Gasteiger partial charge in [-0.25, -0.2) is 8.78 Å². The minimum atomic E-state index is -0.914. The van der Waals surface area contributed by atoms with Crippen LogP contribution in [0, 0.1) is 11.6 Å². The number of nitrogen functional groups attached to an aromatic ring is 1. The number of nitrogens with two attached hydrogens (primary N) is 1. The highest BCUT2D eigenvalue weighted by Crippen LogP contribution is 2.31. The molecule has 0 radical (unpaired) electrons. The molecule has 0 spiro atoms. The SMILES string of the molecule is Nc1cccc(Cl)c1OCc1ccc(F)c(F)c1. The van der Waals surface area contributed by atoms with Gasteiger partial charge < -0.3 is 10.5 Å². The molecule has 0 atom stereocenters. The van der Waals surface area contributed by atoms with Gasteiger partial charge in [0.1, 0.15) is 6.61 Å². The standard InChI is InChI=1S/C13H10ClF2NO/c14-9-2-1-3-12(17)13(9)18-7-8-4-5-10(15)11(16)6-8/h1-6H,7,17H2. The number of anilines is 1. The van der Waals surface area contributed by atoms with E-state index in [2.05, 4.69) is 0 Å². The Kier molecular flexibility index (Phi) is 3.67. The Morgan fingerprint density at radius 3 is 2.56 bits per heavy atom. The normalized spacial score (nSPS) is 10.4. The summed E-state index contributed by atoms with van der Waals surface area (Å²) in [5, 5.41) is 0.373. The quantitative estimate of drug-likeness (QED) is 0.861. The molecule has 0 heterocycles. The fourth-order valence-electron chi connectivity index (χ4n) is 1.46. The second-order valence-corrected chi connectivity index (χ2v) is 4.10. The largest absolute Gasteiger partial charge is 0.485 e. The van der Waals surface area contributed by atoms with Crippen LogP contribution in [-0.4, -0.2) is 0 Å². The van der Waals surface area contributed by atoms with Crippen LogP contribution in [0.1, 0.15) is 5.56 Å². The van der Waals surface area contributed by atoms with Crippen molar-refractivity contribution in [3.05, 3.63) is 58.6 Å². The van der Waals surface area contributed by atoms with Crippen LogP contribution in [-0.2, 0) is 6.61 Å². The number of halogens is 3. The van der Waals surface area contributed by atoms with Crippen LogP contribution in [0.4, 0.5) is 14.5 Å². The van der Waals surface area contributed by atoms with E-state index in [0.29, 0.717) is 22.0 Å². The summed E-state index contributed by atoms with van der Waals surface area (Å²) in [6, 6.07) is 8.53. The first-order valence-electron chi connectivity index (χ1n) is 5.18. The van der Waals surface area contributed by atoms with Crippen molar-refractivity contribution in [2.75, 3.05) is 5.73 Å². The molecule has 94 valence electrons. The maximum Gasteiger partial charge on any atom is 0.161 e. The molecule has 0 aliphatic heterocycles. The molecular formula is C13H10ClF2NO. The first kappa shape index (κ1) is 12.6. The zero-order valence-electron chi connectivity index (χ0n) is 9.29. The van der Waals surface area contributed by atoms with Crippen molar-refractivity contribution in [1.82, 2.24) is 0 Å². The van der Waals surface area contributed by atoms with E-state index in [4.69, 9.17) is 22.1 Å². The van der Waals surface area contributed by atoms with E-state index in [1.807, 2.05) is 0 Å². The Morgan fingerprint density at radius 1 is 1.11 bits per heavy atom. The molecule has 0 fully saturated rings. The highest BCUT2D eigenvalue weighted by Gasteiger charge is 2.07. The van der Waals surface area contributed by atoms with Crippen molar-refractivity contribution in [2.24, 2.45) is 0 Å². The Balaban J connectivity index is 2.14. The third-order valence-electron chi connectivity index (χ3n) is 2.36. The minimum absolute atomic E-state index is 0.0606. The lowest BCUT2D eigenvalue weighted by Crippen LogP contribution is -2.00. The number of ether oxygens (including phenoxy) is 1. The van der Waals surface area contributed by atoms with E-state index < -0.39 is 11.6 Å². The highest BCUT2D eigenvalue weighted by molar-refractivity contribution is 6.32. The Labute approximate surface area is 108 Å². The van der Waals surface area contributed by atoms with Crippen molar-refractivity contribution < 1.29 is 13.5 Å². The number of benzene rings is 2. The molecule has 0 saturated carbocycles. The van der Waals surface area contributed by atoms with Crippen LogP contribution >= 0.6 is 11.6 Å². The van der Waals surface area contributed by atoms with E-state index in [9.17, 15) is 8.78 Å². The monoisotopic (exact) mass is 269 g/mol. The molecule has 0 aliphatic carbocycles. The van der Waals surface area contributed by atoms with Gasteiger partial charge in [0.05, 0.1) is 10.7 Å². The van der Waals surface area contributed by atoms with Crippen molar-refractivity contribution in [3.63, 3.8) is 0 Å². The minimum Gasteiger partial charge on any atom is -0.485 e. The molecule has 18 heavy (non-hydrogen) atoms. The average Bonchev–Trinajstić information content (AvgIpc) is 2.33. The van der Waals surface area contributed by atoms with Crippen LogP contribution in [0.25, 0.3) is 0 Å². The summed E-state index contributed by atoms with van der Waals surface area (Å²) >= 11 is 5.91. The molecule has 0 saturated heterocycles. The molecule has 2 nitrogen and oxygen atoms in total. The fourth-order valence-corrected chi connectivity index (χ4v) is 1.70. The van der Waals surface area contributed by atoms with Gasteiger partial charge in [0.15, 0.2) is 17.4 Å². The van der Waals surface area contributed by atoms with Crippen molar-refractivity contribution in [3.8, 4) is 5.75 Å². The molecule has 0 amide bonds. The van der Waals surface area contributed by atoms with Crippen molar-refractivity contribution in [1.29, 1.82) is 0 Å². The topological polar surface area (TPSA) is 35.2 Å². The molecular weight excluding hydrogens is 260 g/mol. The van der Waals surface area contributed by atoms with Gasteiger partial charge >= 0.3 is 0 Å². The molecule has 2 N–H and O–H groups in total. The zero-order valence-corrected chi connectivity index (χ0v) is 10.0. The lowest BCUT2D eigenvalue weighted by molar-refractivity contribution is 0.307. The van der Waals surface area contributed by atoms with Crippen LogP contribution in [0.15, 0.2) is 36.4 Å². The molecule has 5 heteroatoms. The van der Waals surface area contributed by atoms with Gasteiger partial charge in [-0.3, -0.25) is 0 Å². The number of hydrogen-bond donors (Lipinski definition) is 1. The van der Waals surface area contributed by atoms with E-state index in [1.54, 1.807) is 18.2 Å². The van der Waals surface area contributed by atoms with Crippen LogP contribution in [0.2, 0.25) is 5.02 Å². The predicted octanol–water partition coefficient (Wildman–Crippen LogP) is 3.78. The van der Waals surface area contributed by atoms with Crippen molar-refractivity contribution >= 4 is 17.3 Å². The van der Waals surface area contributed by atoms with E-state index in [0.717, 1.165) is 12.1 Å². The van der Waals surface area contributed by atoms with E-state index >= 15 is 0 Å². The molecule has 2 aromatic rings. The van der Waals surface area contributed by atoms with E-state index in [1.165, 1.54) is 6.07 Å². The zero-order chi connectivity index (χ0) is 13.1. The molecule has 0 aromatic heterocycles. The third kappa shape index (κ3) is 2.71. The molecule has 2 rings (SSSR count). The summed E-state index contributed by atoms with van der Waals surface area (Å²) in [6.07, 6.45) is 0. The van der Waals surface area contributed by atoms with Crippen LogP contribution < -0.4 is 10.5 Å². The summed E-state index contributed by atoms with van der Waals surface area (Å²) in [7, 11) is 0. The fraction of sp³-hybridized carbons (Fsp3) is 0.0769. The van der Waals surface area contributed by atoms with Gasteiger partial charge in [-0.1, -0.05) is 23.7 Å².